The second-order valence-electron chi connectivity index (χ2n) is 3.83. The first-order chi connectivity index (χ1) is 7.43. The van der Waals surface area contributed by atoms with Gasteiger partial charge in [0, 0.05) is 6.07 Å². The minimum absolute atomic E-state index is 0.474. The van der Waals surface area contributed by atoms with Crippen LogP contribution in [0.4, 0.5) is 5.69 Å². The van der Waals surface area contributed by atoms with Gasteiger partial charge in [-0.2, -0.15) is 0 Å². The summed E-state index contributed by atoms with van der Waals surface area (Å²) in [7, 11) is 0. The normalized spacial score (nSPS) is 11.0. The highest BCUT2D eigenvalue weighted by atomic mass is 16.5. The van der Waals surface area contributed by atoms with E-state index in [9.17, 15) is 9.90 Å². The van der Waals surface area contributed by atoms with E-state index in [1.165, 1.54) is 20.0 Å². The van der Waals surface area contributed by atoms with Gasteiger partial charge in [0.15, 0.2) is 0 Å². The number of aromatic nitrogens is 1. The molecule has 1 heterocycles. The Kier molecular flexibility index (Phi) is 3.84. The van der Waals surface area contributed by atoms with Gasteiger partial charge in [-0.05, 0) is 26.8 Å². The number of pyridine rings is 1. The number of ether oxygens (including phenoxy) is 1. The molecule has 0 radical (unpaired) electrons. The molecule has 0 saturated carbocycles. The summed E-state index contributed by atoms with van der Waals surface area (Å²) in [4.78, 5) is 15.4. The molecule has 5 nitrogen and oxygen atoms in total. The standard InChI is InChI=1S/C11H16N2O3/c1-4-16-9-6-5-8(7-12-9)13-10(14)11(2,3)15/h5-7,15H,4H2,1-3H3,(H,13,14). The van der Waals surface area contributed by atoms with Crippen molar-refractivity contribution in [2.24, 2.45) is 0 Å². The number of hydrogen-bond acceptors (Lipinski definition) is 4. The van der Waals surface area contributed by atoms with Crippen LogP contribution in [0, 0.1) is 0 Å². The Hall–Kier alpha value is -1.62. The lowest BCUT2D eigenvalue weighted by Gasteiger charge is -2.16. The monoisotopic (exact) mass is 224 g/mol. The van der Waals surface area contributed by atoms with Gasteiger partial charge in [-0.25, -0.2) is 4.98 Å². The van der Waals surface area contributed by atoms with Gasteiger partial charge in [0.2, 0.25) is 5.88 Å². The largest absolute Gasteiger partial charge is 0.478 e. The predicted octanol–water partition coefficient (Wildman–Crippen LogP) is 1.19. The van der Waals surface area contributed by atoms with Crippen molar-refractivity contribution in [2.45, 2.75) is 26.4 Å². The summed E-state index contributed by atoms with van der Waals surface area (Å²) in [5.41, 5.74) is -0.880. The maximum absolute atomic E-state index is 11.4. The molecule has 0 fully saturated rings. The molecule has 0 atom stereocenters. The molecular weight excluding hydrogens is 208 g/mol. The first kappa shape index (κ1) is 12.4. The van der Waals surface area contributed by atoms with E-state index in [0.717, 1.165) is 0 Å². The number of aliphatic hydroxyl groups is 1. The van der Waals surface area contributed by atoms with E-state index >= 15 is 0 Å². The summed E-state index contributed by atoms with van der Waals surface area (Å²) in [5.74, 6) is 0.0298. The van der Waals surface area contributed by atoms with Crippen LogP contribution >= 0.6 is 0 Å². The second kappa shape index (κ2) is 4.94. The molecule has 0 bridgehead atoms. The van der Waals surface area contributed by atoms with Gasteiger partial charge >= 0.3 is 0 Å². The zero-order valence-corrected chi connectivity index (χ0v) is 9.65. The van der Waals surface area contributed by atoms with Crippen LogP contribution in [0.5, 0.6) is 5.88 Å². The number of rotatable bonds is 4. The molecule has 2 N–H and O–H groups in total. The molecule has 1 aromatic rings. The van der Waals surface area contributed by atoms with Crippen molar-refractivity contribution in [3.8, 4) is 5.88 Å². The minimum atomic E-state index is -1.40. The van der Waals surface area contributed by atoms with Crippen molar-refractivity contribution >= 4 is 11.6 Å². The maximum Gasteiger partial charge on any atom is 0.255 e. The zero-order valence-electron chi connectivity index (χ0n) is 9.65. The fourth-order valence-electron chi connectivity index (χ4n) is 0.972. The fraction of sp³-hybridized carbons (Fsp3) is 0.455. The maximum atomic E-state index is 11.4. The molecular formula is C11H16N2O3. The molecule has 0 spiro atoms. The molecule has 5 heteroatoms. The summed E-state index contributed by atoms with van der Waals surface area (Å²) < 4.78 is 5.16. The second-order valence-corrected chi connectivity index (χ2v) is 3.83. The van der Waals surface area contributed by atoms with Gasteiger partial charge in [0.05, 0.1) is 18.5 Å². The van der Waals surface area contributed by atoms with Crippen molar-refractivity contribution < 1.29 is 14.6 Å². The molecule has 0 aliphatic carbocycles. The number of carbonyl (C=O) groups excluding carboxylic acids is 1. The molecule has 0 unspecified atom stereocenters. The Bertz CT molecular complexity index is 354. The molecule has 1 rings (SSSR count). The van der Waals surface area contributed by atoms with E-state index in [-0.39, 0.29) is 0 Å². The van der Waals surface area contributed by atoms with Crippen LogP contribution in [0.3, 0.4) is 0 Å². The number of amides is 1. The Morgan fingerprint density at radius 2 is 2.25 bits per heavy atom. The first-order valence-electron chi connectivity index (χ1n) is 5.06. The summed E-state index contributed by atoms with van der Waals surface area (Å²) in [6.07, 6.45) is 1.48. The van der Waals surface area contributed by atoms with E-state index in [0.29, 0.717) is 18.2 Å². The van der Waals surface area contributed by atoms with Crippen molar-refractivity contribution in [2.75, 3.05) is 11.9 Å². The van der Waals surface area contributed by atoms with Crippen molar-refractivity contribution in [1.29, 1.82) is 0 Å². The van der Waals surface area contributed by atoms with E-state index in [1.54, 1.807) is 12.1 Å². The Labute approximate surface area is 94.5 Å². The Morgan fingerprint density at radius 1 is 1.56 bits per heavy atom. The highest BCUT2D eigenvalue weighted by Crippen LogP contribution is 2.13. The highest BCUT2D eigenvalue weighted by molar-refractivity contribution is 5.96. The fourth-order valence-corrected chi connectivity index (χ4v) is 0.972. The molecule has 0 aliphatic heterocycles. The van der Waals surface area contributed by atoms with Crippen molar-refractivity contribution in [1.82, 2.24) is 4.98 Å². The predicted molar refractivity (Wildman–Crippen MR) is 60.3 cm³/mol. The van der Waals surface area contributed by atoms with E-state index in [2.05, 4.69) is 10.3 Å². The lowest BCUT2D eigenvalue weighted by molar-refractivity contribution is -0.130. The average molecular weight is 224 g/mol. The number of nitrogens with zero attached hydrogens (tertiary/aromatic N) is 1. The summed E-state index contributed by atoms with van der Waals surface area (Å²) >= 11 is 0. The average Bonchev–Trinajstić information content (AvgIpc) is 2.20. The summed E-state index contributed by atoms with van der Waals surface area (Å²) in [5, 5.41) is 12.0. The van der Waals surface area contributed by atoms with Crippen LogP contribution in [-0.4, -0.2) is 28.2 Å². The third-order valence-corrected chi connectivity index (χ3v) is 1.84. The van der Waals surface area contributed by atoms with Crippen molar-refractivity contribution in [3.63, 3.8) is 0 Å². The van der Waals surface area contributed by atoms with Crippen LogP contribution < -0.4 is 10.1 Å². The molecule has 0 aliphatic rings. The quantitative estimate of drug-likeness (QED) is 0.805. The smallest absolute Gasteiger partial charge is 0.255 e. The van der Waals surface area contributed by atoms with Gasteiger partial charge in [0.1, 0.15) is 5.60 Å². The van der Waals surface area contributed by atoms with Crippen molar-refractivity contribution in [3.05, 3.63) is 18.3 Å². The SMILES string of the molecule is CCOc1ccc(NC(=O)C(C)(C)O)cn1. The number of hydrogen-bond donors (Lipinski definition) is 2. The van der Waals surface area contributed by atoms with Crippen LogP contribution in [0.15, 0.2) is 18.3 Å². The third kappa shape index (κ3) is 3.51. The molecule has 1 aromatic heterocycles. The van der Waals surface area contributed by atoms with E-state index < -0.39 is 11.5 Å². The first-order valence-corrected chi connectivity index (χ1v) is 5.06. The van der Waals surface area contributed by atoms with Gasteiger partial charge in [-0.3, -0.25) is 4.79 Å². The minimum Gasteiger partial charge on any atom is -0.478 e. The zero-order chi connectivity index (χ0) is 12.2. The van der Waals surface area contributed by atoms with Gasteiger partial charge in [0.25, 0.3) is 5.91 Å². The van der Waals surface area contributed by atoms with Crippen LogP contribution in [0.1, 0.15) is 20.8 Å². The molecule has 1 amide bonds. The highest BCUT2D eigenvalue weighted by Gasteiger charge is 2.23. The van der Waals surface area contributed by atoms with Gasteiger partial charge < -0.3 is 15.2 Å². The number of anilines is 1. The molecule has 88 valence electrons. The van der Waals surface area contributed by atoms with E-state index in [4.69, 9.17) is 4.74 Å². The topological polar surface area (TPSA) is 71.5 Å². The lowest BCUT2D eigenvalue weighted by Crippen LogP contribution is -2.36. The van der Waals surface area contributed by atoms with Crippen LogP contribution in [0.2, 0.25) is 0 Å². The number of carbonyl (C=O) groups is 1. The van der Waals surface area contributed by atoms with Crippen LogP contribution in [-0.2, 0) is 4.79 Å². The molecule has 0 aromatic carbocycles. The summed E-state index contributed by atoms with van der Waals surface area (Å²) in [6.45, 7) is 5.25. The molecule has 0 saturated heterocycles. The van der Waals surface area contributed by atoms with E-state index in [1.807, 2.05) is 6.92 Å². The lowest BCUT2D eigenvalue weighted by atomic mass is 10.1. The van der Waals surface area contributed by atoms with Gasteiger partial charge in [-0.15, -0.1) is 0 Å². The number of nitrogens with one attached hydrogen (secondary N) is 1. The Morgan fingerprint density at radius 3 is 2.69 bits per heavy atom. The summed E-state index contributed by atoms with van der Waals surface area (Å²) in [6, 6.07) is 3.32. The molecule has 16 heavy (non-hydrogen) atoms. The Balaban J connectivity index is 2.65. The van der Waals surface area contributed by atoms with Crippen LogP contribution in [0.25, 0.3) is 0 Å². The van der Waals surface area contributed by atoms with Gasteiger partial charge in [-0.1, -0.05) is 0 Å². The third-order valence-electron chi connectivity index (χ3n) is 1.84.